The third-order valence-corrected chi connectivity index (χ3v) is 6.40. The Bertz CT molecular complexity index is 269. The average Bonchev–Trinajstić information content (AvgIpc) is 2.54. The van der Waals surface area contributed by atoms with Crippen LogP contribution in [0.2, 0.25) is 0 Å². The molecule has 1 heterocycles. The lowest BCUT2D eigenvalue weighted by Crippen LogP contribution is -2.58. The van der Waals surface area contributed by atoms with Gasteiger partial charge in [0.2, 0.25) is 0 Å². The van der Waals surface area contributed by atoms with E-state index in [0.717, 1.165) is 18.5 Å². The first-order chi connectivity index (χ1) is 12.1. The normalized spacial score (nSPS) is 20.8. The van der Waals surface area contributed by atoms with Gasteiger partial charge in [-0.2, -0.15) is 0 Å². The quantitative estimate of drug-likeness (QED) is 0.359. The summed E-state index contributed by atoms with van der Waals surface area (Å²) in [5, 5.41) is 3.50. The van der Waals surface area contributed by atoms with E-state index in [2.05, 4.69) is 19.2 Å². The van der Waals surface area contributed by atoms with Crippen LogP contribution in [-0.4, -0.2) is 48.0 Å². The molecule has 1 rings (SSSR count). The van der Waals surface area contributed by atoms with Crippen molar-refractivity contribution in [1.82, 2.24) is 5.32 Å². The molecule has 1 aliphatic heterocycles. The molecule has 25 heavy (non-hydrogen) atoms. The Morgan fingerprint density at radius 1 is 0.920 bits per heavy atom. The Morgan fingerprint density at radius 3 is 1.84 bits per heavy atom. The van der Waals surface area contributed by atoms with Crippen molar-refractivity contribution in [2.24, 2.45) is 11.7 Å². The van der Waals surface area contributed by atoms with Crippen LogP contribution in [0.5, 0.6) is 0 Å². The predicted octanol–water partition coefficient (Wildman–Crippen LogP) is 3.49. The van der Waals surface area contributed by atoms with Gasteiger partial charge in [-0.3, -0.25) is 0 Å². The highest BCUT2D eigenvalue weighted by Gasteiger charge is 2.31. The van der Waals surface area contributed by atoms with Crippen LogP contribution < -0.4 is 11.1 Å². The van der Waals surface area contributed by atoms with E-state index in [0.29, 0.717) is 25.9 Å². The van der Waals surface area contributed by atoms with Gasteiger partial charge in [-0.05, 0) is 34.1 Å². The van der Waals surface area contributed by atoms with Crippen molar-refractivity contribution in [3.05, 3.63) is 0 Å². The molecule has 0 saturated carbocycles. The zero-order chi connectivity index (χ0) is 18.9. The molecule has 0 aromatic carbocycles. The number of rotatable bonds is 14. The predicted molar refractivity (Wildman–Crippen MR) is 109 cm³/mol. The molecule has 0 aromatic rings. The Morgan fingerprint density at radius 2 is 1.44 bits per heavy atom. The van der Waals surface area contributed by atoms with Crippen LogP contribution in [-0.2, 0) is 13.3 Å². The second-order valence-corrected chi connectivity index (χ2v) is 8.33. The molecule has 6 heteroatoms. The summed E-state index contributed by atoms with van der Waals surface area (Å²) >= 11 is 0. The molecule has 3 atom stereocenters. The van der Waals surface area contributed by atoms with Gasteiger partial charge in [0.1, 0.15) is 0 Å². The van der Waals surface area contributed by atoms with Crippen molar-refractivity contribution >= 4 is 9.53 Å². The number of nitrogens with one attached hydrogen (secondary N) is 1. The summed E-state index contributed by atoms with van der Waals surface area (Å²) in [4.78, 5) is 0. The largest absolute Gasteiger partial charge is 0.484 e. The van der Waals surface area contributed by atoms with Gasteiger partial charge >= 0.3 is 9.53 Å². The molecule has 0 spiro atoms. The van der Waals surface area contributed by atoms with E-state index < -0.39 is 9.53 Å². The van der Waals surface area contributed by atoms with Crippen molar-refractivity contribution in [3.8, 4) is 0 Å². The van der Waals surface area contributed by atoms with Crippen molar-refractivity contribution in [1.29, 1.82) is 0 Å². The van der Waals surface area contributed by atoms with Gasteiger partial charge in [0.15, 0.2) is 0 Å². The lowest BCUT2D eigenvalue weighted by molar-refractivity contribution is 0.107. The molecule has 3 unspecified atom stereocenters. The minimum Gasteiger partial charge on any atom is -0.376 e. The molecule has 0 radical (unpaired) electrons. The summed E-state index contributed by atoms with van der Waals surface area (Å²) in [6, 6.07) is 1.09. The summed E-state index contributed by atoms with van der Waals surface area (Å²) in [5.74, 6) is 0.737. The molecule has 0 aromatic heterocycles. The molecule has 1 aliphatic rings. The van der Waals surface area contributed by atoms with Crippen LogP contribution in [0.1, 0.15) is 79.6 Å². The highest BCUT2D eigenvalue weighted by molar-refractivity contribution is 6.36. The van der Waals surface area contributed by atoms with Crippen LogP contribution in [0.4, 0.5) is 0 Å². The van der Waals surface area contributed by atoms with E-state index in [9.17, 15) is 0 Å². The van der Waals surface area contributed by atoms with Crippen LogP contribution >= 0.6 is 0 Å². The minimum atomic E-state index is -1.73. The van der Waals surface area contributed by atoms with Gasteiger partial charge in [-0.1, -0.05) is 45.4 Å². The molecule has 0 bridgehead atoms. The zero-order valence-corrected chi connectivity index (χ0v) is 18.5. The number of nitrogens with two attached hydrogens (primary N) is 1. The first-order valence-electron chi connectivity index (χ1n) is 10.4. The fraction of sp³-hybridized carbons (Fsp3) is 1.00. The second-order valence-electron chi connectivity index (χ2n) is 6.75. The smallest absolute Gasteiger partial charge is 0.376 e. The van der Waals surface area contributed by atoms with Crippen LogP contribution in [0.25, 0.3) is 0 Å². The highest BCUT2D eigenvalue weighted by atomic mass is 28.3. The molecule has 1 saturated heterocycles. The first kappa shape index (κ1) is 25.0. The third-order valence-electron chi connectivity index (χ3n) is 4.58. The Balaban J connectivity index is 0.000000504. The van der Waals surface area contributed by atoms with Crippen LogP contribution in [0, 0.1) is 5.92 Å². The van der Waals surface area contributed by atoms with Gasteiger partial charge in [-0.15, -0.1) is 0 Å². The number of unbranched alkanes of at least 4 members (excludes halogenated alkanes) is 5. The Labute approximate surface area is 158 Å². The maximum atomic E-state index is 5.92. The lowest BCUT2D eigenvalue weighted by atomic mass is 9.83. The fourth-order valence-corrected chi connectivity index (χ4v) is 4.09. The van der Waals surface area contributed by atoms with Gasteiger partial charge in [0.25, 0.3) is 0 Å². The van der Waals surface area contributed by atoms with E-state index in [1.54, 1.807) is 0 Å². The molecule has 0 aliphatic carbocycles. The van der Waals surface area contributed by atoms with Crippen molar-refractivity contribution < 1.29 is 13.3 Å². The van der Waals surface area contributed by atoms with Gasteiger partial charge in [-0.25, -0.2) is 0 Å². The van der Waals surface area contributed by atoms with E-state index >= 15 is 0 Å². The molecular weight excluding hydrogens is 332 g/mol. The molecule has 1 fully saturated rings. The monoisotopic (exact) mass is 376 g/mol. The van der Waals surface area contributed by atoms with Crippen molar-refractivity contribution in [3.63, 3.8) is 0 Å². The Hall–Kier alpha value is 0.0169. The highest BCUT2D eigenvalue weighted by Crippen LogP contribution is 2.21. The third kappa shape index (κ3) is 12.9. The fourth-order valence-electron chi connectivity index (χ4n) is 2.99. The SMILES string of the molecule is CCCCCCCCC1NCC1C(C)N.CCO[SiH](OCC)OCC. The van der Waals surface area contributed by atoms with E-state index in [1.165, 1.54) is 44.9 Å². The van der Waals surface area contributed by atoms with Crippen LogP contribution in [0.3, 0.4) is 0 Å². The molecular formula is C19H44N2O3Si. The standard InChI is InChI=1S/C13H28N2.C6H16O3Si/c1-3-4-5-6-7-8-9-13-12(10-15-13)11(2)14;1-4-7-10(8-5-2)9-6-3/h11-13,15H,3-10,14H2,1-2H3;10H,4-6H2,1-3H3. The number of hydrogen-bond acceptors (Lipinski definition) is 5. The lowest BCUT2D eigenvalue weighted by Gasteiger charge is -2.40. The topological polar surface area (TPSA) is 65.7 Å². The maximum absolute atomic E-state index is 5.92. The molecule has 3 N–H and O–H groups in total. The maximum Gasteiger partial charge on any atom is 0.484 e. The summed E-state index contributed by atoms with van der Waals surface area (Å²) in [6.07, 6.45) is 9.71. The number of hydrogen-bond donors (Lipinski definition) is 2. The second kappa shape index (κ2) is 17.4. The summed E-state index contributed by atoms with van der Waals surface area (Å²) < 4.78 is 15.7. The zero-order valence-electron chi connectivity index (χ0n) is 17.4. The summed E-state index contributed by atoms with van der Waals surface area (Å²) in [6.45, 7) is 13.4. The first-order valence-corrected chi connectivity index (χ1v) is 11.9. The van der Waals surface area contributed by atoms with Gasteiger partial charge in [0.05, 0.1) is 0 Å². The average molecular weight is 377 g/mol. The Kier molecular flexibility index (Phi) is 17.4. The van der Waals surface area contributed by atoms with Crippen LogP contribution in [0.15, 0.2) is 0 Å². The minimum absolute atomic E-state index is 0.372. The molecule has 152 valence electrons. The summed E-state index contributed by atoms with van der Waals surface area (Å²) in [5.41, 5.74) is 5.92. The van der Waals surface area contributed by atoms with E-state index in [1.807, 2.05) is 20.8 Å². The van der Waals surface area contributed by atoms with Gasteiger partial charge in [0, 0.05) is 44.4 Å². The van der Waals surface area contributed by atoms with Crippen molar-refractivity contribution in [2.75, 3.05) is 26.4 Å². The molecule has 5 nitrogen and oxygen atoms in total. The van der Waals surface area contributed by atoms with E-state index in [-0.39, 0.29) is 0 Å². The summed E-state index contributed by atoms with van der Waals surface area (Å²) in [7, 11) is -1.73. The van der Waals surface area contributed by atoms with Gasteiger partial charge < -0.3 is 24.3 Å². The van der Waals surface area contributed by atoms with Crippen molar-refractivity contribution in [2.45, 2.75) is 91.6 Å². The molecule has 0 amide bonds. The van der Waals surface area contributed by atoms with E-state index in [4.69, 9.17) is 19.0 Å².